The number of benzene rings is 4. The van der Waals surface area contributed by atoms with Gasteiger partial charge in [-0.1, -0.05) is 97.1 Å². The molecule has 1 atom stereocenters. The van der Waals surface area contributed by atoms with Crippen molar-refractivity contribution in [2.75, 3.05) is 0 Å². The summed E-state index contributed by atoms with van der Waals surface area (Å²) < 4.78 is 39.2. The minimum absolute atomic E-state index is 0.215. The molecule has 0 aliphatic rings. The van der Waals surface area contributed by atoms with E-state index in [1.807, 2.05) is 55.5 Å². The van der Waals surface area contributed by atoms with Crippen molar-refractivity contribution in [3.05, 3.63) is 126 Å². The van der Waals surface area contributed by atoms with E-state index >= 15 is 0 Å². The predicted molar refractivity (Wildman–Crippen MR) is 133 cm³/mol. The first-order valence-electron chi connectivity index (χ1n) is 10.6. The van der Waals surface area contributed by atoms with E-state index < -0.39 is 19.7 Å². The molecule has 0 N–H and O–H groups in total. The smallest absolute Gasteiger partial charge is 0.285 e. The molecule has 33 heavy (non-hydrogen) atoms. The first-order valence-corrected chi connectivity index (χ1v) is 12.0. The minimum Gasteiger partial charge on any atom is -0.285 e. The van der Waals surface area contributed by atoms with Gasteiger partial charge in [0, 0.05) is 6.21 Å². The van der Waals surface area contributed by atoms with Gasteiger partial charge in [0.2, 0.25) is 0 Å². The highest BCUT2D eigenvalue weighted by Gasteiger charge is 2.30. The minimum atomic E-state index is -4.37. The Kier molecular flexibility index (Phi) is 7.05. The Morgan fingerprint density at radius 3 is 1.91 bits per heavy atom. The highest BCUT2D eigenvalue weighted by Crippen LogP contribution is 2.36. The van der Waals surface area contributed by atoms with Crippen LogP contribution >= 0.6 is 7.92 Å². The van der Waals surface area contributed by atoms with Crippen LogP contribution in [0.25, 0.3) is 0 Å². The molecule has 0 spiro atoms. The molecule has 1 nitrogen and oxygen atoms in total. The number of halogens is 3. The van der Waals surface area contributed by atoms with Gasteiger partial charge in [0.25, 0.3) is 0 Å². The molecule has 0 amide bonds. The lowest BCUT2D eigenvalue weighted by atomic mass is 10.1. The molecule has 0 unspecified atom stereocenters. The van der Waals surface area contributed by atoms with Crippen LogP contribution in [0.5, 0.6) is 0 Å². The number of rotatable bonds is 6. The zero-order valence-electron chi connectivity index (χ0n) is 18.1. The van der Waals surface area contributed by atoms with Gasteiger partial charge in [-0.05, 0) is 54.0 Å². The Hall–Kier alpha value is -3.23. The van der Waals surface area contributed by atoms with E-state index in [-0.39, 0.29) is 6.04 Å². The van der Waals surface area contributed by atoms with Crippen molar-refractivity contribution in [1.82, 2.24) is 0 Å². The van der Waals surface area contributed by atoms with Gasteiger partial charge in [-0.25, -0.2) is 0 Å². The maximum Gasteiger partial charge on any atom is 0.416 e. The van der Waals surface area contributed by atoms with Crippen molar-refractivity contribution >= 4 is 30.0 Å². The fraction of sp³-hybridized carbons (Fsp3) is 0.107. The average Bonchev–Trinajstić information content (AvgIpc) is 2.84. The number of hydrogen-bond donors (Lipinski definition) is 0. The summed E-state index contributed by atoms with van der Waals surface area (Å²) in [6.07, 6.45) is -2.84. The first-order chi connectivity index (χ1) is 15.9. The van der Waals surface area contributed by atoms with E-state index in [2.05, 4.69) is 41.4 Å². The van der Waals surface area contributed by atoms with Crippen molar-refractivity contribution in [2.24, 2.45) is 4.99 Å². The molecule has 0 bridgehead atoms. The Balaban J connectivity index is 1.71. The lowest BCUT2D eigenvalue weighted by molar-refractivity contribution is -0.137. The van der Waals surface area contributed by atoms with Crippen LogP contribution in [-0.2, 0) is 6.18 Å². The van der Waals surface area contributed by atoms with Gasteiger partial charge in [-0.3, -0.25) is 4.99 Å². The first kappa shape index (κ1) is 22.9. The molecular weight excluding hydrogens is 438 g/mol. The molecular formula is C28H23F3NP. The molecule has 4 aromatic carbocycles. The van der Waals surface area contributed by atoms with Crippen LogP contribution in [0.4, 0.5) is 13.2 Å². The summed E-state index contributed by atoms with van der Waals surface area (Å²) >= 11 is 0. The van der Waals surface area contributed by atoms with E-state index in [1.165, 1.54) is 28.2 Å². The lowest BCUT2D eigenvalue weighted by Gasteiger charge is -2.23. The third-order valence-corrected chi connectivity index (χ3v) is 7.84. The van der Waals surface area contributed by atoms with Crippen molar-refractivity contribution in [3.63, 3.8) is 0 Å². The maximum atomic E-state index is 13.1. The zero-order chi connectivity index (χ0) is 23.3. The third-order valence-electron chi connectivity index (χ3n) is 5.32. The molecule has 0 aliphatic carbocycles. The second-order valence-corrected chi connectivity index (χ2v) is 9.83. The number of alkyl halides is 3. The number of nitrogens with zero attached hydrogens (tertiary/aromatic N) is 1. The maximum absolute atomic E-state index is 13.1. The van der Waals surface area contributed by atoms with Crippen LogP contribution in [-0.4, -0.2) is 6.21 Å². The fourth-order valence-corrected chi connectivity index (χ4v) is 6.25. The molecule has 0 aromatic heterocycles. The van der Waals surface area contributed by atoms with Gasteiger partial charge in [0.05, 0.1) is 11.6 Å². The normalized spacial score (nSPS) is 12.9. The molecule has 0 saturated carbocycles. The highest BCUT2D eigenvalue weighted by molar-refractivity contribution is 7.79. The molecule has 4 rings (SSSR count). The van der Waals surface area contributed by atoms with E-state index in [9.17, 15) is 13.2 Å². The average molecular weight is 461 g/mol. The molecule has 4 aromatic rings. The second kappa shape index (κ2) is 10.1. The fourth-order valence-electron chi connectivity index (χ4n) is 3.70. The van der Waals surface area contributed by atoms with E-state index in [4.69, 9.17) is 0 Å². The van der Waals surface area contributed by atoms with E-state index in [0.717, 1.165) is 17.7 Å². The summed E-state index contributed by atoms with van der Waals surface area (Å²) in [4.78, 5) is 4.64. The molecule has 5 heteroatoms. The second-order valence-electron chi connectivity index (χ2n) is 7.64. The molecule has 0 fully saturated rings. The number of aliphatic imine (C=N–C) groups is 1. The van der Waals surface area contributed by atoms with Gasteiger partial charge in [0.15, 0.2) is 0 Å². The summed E-state index contributed by atoms with van der Waals surface area (Å²) in [5.41, 5.74) is 0.832. The SMILES string of the molecule is C[C@H](N=Cc1cccc(C(F)(F)F)c1)c1ccccc1P(c1ccccc1)c1ccccc1. The Morgan fingerprint density at radius 1 is 0.727 bits per heavy atom. The monoisotopic (exact) mass is 461 g/mol. The van der Waals surface area contributed by atoms with Crippen LogP contribution in [0.15, 0.2) is 114 Å². The van der Waals surface area contributed by atoms with E-state index in [0.29, 0.717) is 5.56 Å². The summed E-state index contributed by atoms with van der Waals surface area (Å²) in [5.74, 6) is 0. The van der Waals surface area contributed by atoms with Gasteiger partial charge in [0.1, 0.15) is 0 Å². The van der Waals surface area contributed by atoms with Crippen molar-refractivity contribution < 1.29 is 13.2 Å². The predicted octanol–water partition coefficient (Wildman–Crippen LogP) is 6.64. The van der Waals surface area contributed by atoms with Crippen LogP contribution in [0.1, 0.15) is 29.7 Å². The summed E-state index contributed by atoms with van der Waals surface area (Å²) in [7, 11) is -0.807. The largest absolute Gasteiger partial charge is 0.416 e. The Labute approximate surface area is 193 Å². The van der Waals surface area contributed by atoms with Gasteiger partial charge in [-0.15, -0.1) is 0 Å². The standard InChI is InChI=1S/C28H23F3NP/c1-21(32-20-22-11-10-12-23(19-22)28(29,30)31)26-17-8-9-18-27(26)33(24-13-4-2-5-14-24)25-15-6-3-7-16-25/h2-21H,1H3/t21-/m0/s1. The third kappa shape index (κ3) is 5.58. The van der Waals surface area contributed by atoms with Crippen LogP contribution in [0, 0.1) is 0 Å². The molecule has 0 aliphatic heterocycles. The lowest BCUT2D eigenvalue weighted by Crippen LogP contribution is -2.23. The highest BCUT2D eigenvalue weighted by atomic mass is 31.1. The zero-order valence-corrected chi connectivity index (χ0v) is 19.0. The van der Waals surface area contributed by atoms with Gasteiger partial charge in [-0.2, -0.15) is 13.2 Å². The topological polar surface area (TPSA) is 12.4 Å². The molecule has 166 valence electrons. The van der Waals surface area contributed by atoms with Crippen molar-refractivity contribution in [2.45, 2.75) is 19.1 Å². The molecule has 0 radical (unpaired) electrons. The summed E-state index contributed by atoms with van der Waals surface area (Å²) in [5, 5.41) is 3.67. The molecule has 0 saturated heterocycles. The molecule has 0 heterocycles. The Morgan fingerprint density at radius 2 is 1.30 bits per heavy atom. The quantitative estimate of drug-likeness (QED) is 0.225. The van der Waals surface area contributed by atoms with E-state index in [1.54, 1.807) is 6.07 Å². The Bertz CT molecular complexity index is 1180. The van der Waals surface area contributed by atoms with Crippen LogP contribution in [0.3, 0.4) is 0 Å². The summed E-state index contributed by atoms with van der Waals surface area (Å²) in [6, 6.07) is 34.0. The van der Waals surface area contributed by atoms with Crippen LogP contribution < -0.4 is 15.9 Å². The number of hydrogen-bond acceptors (Lipinski definition) is 1. The van der Waals surface area contributed by atoms with Crippen molar-refractivity contribution in [3.8, 4) is 0 Å². The van der Waals surface area contributed by atoms with Gasteiger partial charge >= 0.3 is 6.18 Å². The van der Waals surface area contributed by atoms with Crippen LogP contribution in [0.2, 0.25) is 0 Å². The van der Waals surface area contributed by atoms with Gasteiger partial charge < -0.3 is 0 Å². The van der Waals surface area contributed by atoms with Crippen molar-refractivity contribution in [1.29, 1.82) is 0 Å². The summed E-state index contributed by atoms with van der Waals surface area (Å²) in [6.45, 7) is 1.98.